The molecule has 2 aromatic rings. The number of benzene rings is 1. The van der Waals surface area contributed by atoms with Crippen LogP contribution in [0.25, 0.3) is 10.9 Å². The van der Waals surface area contributed by atoms with Crippen molar-refractivity contribution in [3.8, 4) is 0 Å². The number of hydrogen-bond donors (Lipinski definition) is 0. The number of allylic oxidation sites excluding steroid dienone is 2. The monoisotopic (exact) mass is 236 g/mol. The average molecular weight is 236 g/mol. The van der Waals surface area contributed by atoms with Crippen molar-refractivity contribution < 1.29 is 0 Å². The number of aliphatic imine (C=N–C) groups is 1. The van der Waals surface area contributed by atoms with Crippen molar-refractivity contribution in [2.75, 3.05) is 0 Å². The van der Waals surface area contributed by atoms with Gasteiger partial charge in [-0.3, -0.25) is 4.99 Å². The normalized spacial score (nSPS) is 12.2. The van der Waals surface area contributed by atoms with E-state index in [1.54, 1.807) is 12.3 Å². The third-order valence-electron chi connectivity index (χ3n) is 2.61. The molecule has 0 aliphatic carbocycles. The highest BCUT2D eigenvalue weighted by Crippen LogP contribution is 2.12. The molecule has 90 valence electrons. The molecular formula is C16H16N2. The fourth-order valence-corrected chi connectivity index (χ4v) is 1.67. The van der Waals surface area contributed by atoms with E-state index in [1.165, 1.54) is 0 Å². The van der Waals surface area contributed by atoms with E-state index in [0.29, 0.717) is 0 Å². The second-order valence-corrected chi connectivity index (χ2v) is 3.90. The Morgan fingerprint density at radius 2 is 2.11 bits per heavy atom. The van der Waals surface area contributed by atoms with Crippen molar-refractivity contribution in [3.05, 3.63) is 67.0 Å². The highest BCUT2D eigenvalue weighted by atomic mass is 14.8. The van der Waals surface area contributed by atoms with Crippen LogP contribution in [0.4, 0.5) is 0 Å². The van der Waals surface area contributed by atoms with E-state index in [2.05, 4.69) is 29.5 Å². The summed E-state index contributed by atoms with van der Waals surface area (Å²) >= 11 is 0. The fraction of sp³-hybridized carbons (Fsp3) is 0.125. The Hall–Kier alpha value is -2.22. The first-order chi connectivity index (χ1) is 8.85. The number of rotatable bonds is 4. The van der Waals surface area contributed by atoms with Crippen molar-refractivity contribution in [3.63, 3.8) is 0 Å². The van der Waals surface area contributed by atoms with Gasteiger partial charge in [0.25, 0.3) is 0 Å². The molecule has 1 aromatic heterocycles. The zero-order chi connectivity index (χ0) is 12.8. The van der Waals surface area contributed by atoms with E-state index in [0.717, 1.165) is 28.7 Å². The molecular weight excluding hydrogens is 220 g/mol. The van der Waals surface area contributed by atoms with Crippen LogP contribution in [0.1, 0.15) is 19.0 Å². The molecule has 2 nitrogen and oxygen atoms in total. The standard InChI is InChI=1S/C16H16N2/c1-3-5-12-17-14(4-2)16-11-10-13-8-6-7-9-15(13)18-16/h4-12H,2-3H2,1H3/b12-5-,17-14+. The largest absolute Gasteiger partial charge is 0.255 e. The summed E-state index contributed by atoms with van der Waals surface area (Å²) in [5.74, 6) is 0. The summed E-state index contributed by atoms with van der Waals surface area (Å²) in [4.78, 5) is 8.95. The Balaban J connectivity index is 2.42. The Labute approximate surface area is 107 Å². The molecule has 0 aliphatic rings. The van der Waals surface area contributed by atoms with Crippen LogP contribution in [0.15, 0.2) is 66.3 Å². The average Bonchev–Trinajstić information content (AvgIpc) is 2.43. The first kappa shape index (κ1) is 12.2. The van der Waals surface area contributed by atoms with Crippen molar-refractivity contribution in [1.29, 1.82) is 0 Å². The predicted molar refractivity (Wildman–Crippen MR) is 77.9 cm³/mol. The van der Waals surface area contributed by atoms with Crippen LogP contribution in [-0.4, -0.2) is 10.7 Å². The Morgan fingerprint density at radius 1 is 1.28 bits per heavy atom. The lowest BCUT2D eigenvalue weighted by Crippen LogP contribution is -1.99. The molecule has 2 heteroatoms. The number of aromatic nitrogens is 1. The third-order valence-corrected chi connectivity index (χ3v) is 2.61. The fourth-order valence-electron chi connectivity index (χ4n) is 1.67. The van der Waals surface area contributed by atoms with Crippen molar-refractivity contribution >= 4 is 16.6 Å². The highest BCUT2D eigenvalue weighted by molar-refractivity contribution is 6.08. The predicted octanol–water partition coefficient (Wildman–Crippen LogP) is 4.13. The minimum absolute atomic E-state index is 0.797. The SMILES string of the molecule is C=C/C(=N\C=C/CC)c1ccc2ccccc2n1. The molecule has 0 saturated heterocycles. The van der Waals surface area contributed by atoms with Crippen LogP contribution in [0.5, 0.6) is 0 Å². The minimum atomic E-state index is 0.797. The molecule has 0 unspecified atom stereocenters. The van der Waals surface area contributed by atoms with Crippen molar-refractivity contribution in [1.82, 2.24) is 4.98 Å². The summed E-state index contributed by atoms with van der Waals surface area (Å²) in [7, 11) is 0. The van der Waals surface area contributed by atoms with Gasteiger partial charge in [0.1, 0.15) is 0 Å². The number of nitrogens with zero attached hydrogens (tertiary/aromatic N) is 2. The van der Waals surface area contributed by atoms with E-state index < -0.39 is 0 Å². The van der Waals surface area contributed by atoms with Gasteiger partial charge in [-0.1, -0.05) is 43.8 Å². The number of pyridine rings is 1. The van der Waals surface area contributed by atoms with Gasteiger partial charge in [-0.05, 0) is 24.6 Å². The lowest BCUT2D eigenvalue weighted by molar-refractivity contribution is 1.21. The van der Waals surface area contributed by atoms with Gasteiger partial charge in [0.2, 0.25) is 0 Å². The van der Waals surface area contributed by atoms with Crippen LogP contribution >= 0.6 is 0 Å². The van der Waals surface area contributed by atoms with Crippen molar-refractivity contribution in [2.24, 2.45) is 4.99 Å². The molecule has 0 aliphatic heterocycles. The summed E-state index contributed by atoms with van der Waals surface area (Å²) in [5.41, 5.74) is 2.62. The molecule has 0 atom stereocenters. The van der Waals surface area contributed by atoms with E-state index in [1.807, 2.05) is 36.4 Å². The molecule has 1 heterocycles. The summed E-state index contributed by atoms with van der Waals surface area (Å²) < 4.78 is 0. The summed E-state index contributed by atoms with van der Waals surface area (Å²) in [5, 5.41) is 1.13. The lowest BCUT2D eigenvalue weighted by atomic mass is 10.1. The van der Waals surface area contributed by atoms with Gasteiger partial charge in [-0.25, -0.2) is 4.98 Å². The molecule has 0 fully saturated rings. The van der Waals surface area contributed by atoms with Crippen LogP contribution in [0, 0.1) is 0 Å². The summed E-state index contributed by atoms with van der Waals surface area (Å²) in [6.45, 7) is 5.87. The number of hydrogen-bond acceptors (Lipinski definition) is 2. The summed E-state index contributed by atoms with van der Waals surface area (Å²) in [6.07, 6.45) is 6.51. The number of para-hydroxylation sites is 1. The van der Waals surface area contributed by atoms with Gasteiger partial charge < -0.3 is 0 Å². The Morgan fingerprint density at radius 3 is 2.89 bits per heavy atom. The smallest absolute Gasteiger partial charge is 0.0893 e. The third kappa shape index (κ3) is 2.72. The maximum Gasteiger partial charge on any atom is 0.0893 e. The molecule has 0 spiro atoms. The molecule has 0 bridgehead atoms. The van der Waals surface area contributed by atoms with Crippen LogP contribution < -0.4 is 0 Å². The molecule has 1 aromatic carbocycles. The van der Waals surface area contributed by atoms with Crippen LogP contribution in [0.2, 0.25) is 0 Å². The zero-order valence-electron chi connectivity index (χ0n) is 10.5. The maximum atomic E-state index is 4.59. The minimum Gasteiger partial charge on any atom is -0.255 e. The zero-order valence-corrected chi connectivity index (χ0v) is 10.5. The van der Waals surface area contributed by atoms with Gasteiger partial charge >= 0.3 is 0 Å². The van der Waals surface area contributed by atoms with Gasteiger partial charge in [0.05, 0.1) is 16.9 Å². The molecule has 0 N–H and O–H groups in total. The number of fused-ring (bicyclic) bond motifs is 1. The van der Waals surface area contributed by atoms with Gasteiger partial charge in [0, 0.05) is 11.6 Å². The van der Waals surface area contributed by atoms with Crippen LogP contribution in [-0.2, 0) is 0 Å². The molecule has 18 heavy (non-hydrogen) atoms. The first-order valence-electron chi connectivity index (χ1n) is 6.06. The van der Waals surface area contributed by atoms with E-state index in [9.17, 15) is 0 Å². The summed E-state index contributed by atoms with van der Waals surface area (Å²) in [6, 6.07) is 12.1. The maximum absolute atomic E-state index is 4.59. The van der Waals surface area contributed by atoms with Crippen LogP contribution in [0.3, 0.4) is 0 Å². The van der Waals surface area contributed by atoms with E-state index in [4.69, 9.17) is 0 Å². The molecule has 0 radical (unpaired) electrons. The Kier molecular flexibility index (Phi) is 4.02. The van der Waals surface area contributed by atoms with Gasteiger partial charge in [-0.15, -0.1) is 0 Å². The van der Waals surface area contributed by atoms with Gasteiger partial charge in [-0.2, -0.15) is 0 Å². The molecule has 0 amide bonds. The topological polar surface area (TPSA) is 25.2 Å². The lowest BCUT2D eigenvalue weighted by Gasteiger charge is -2.02. The molecule has 2 rings (SSSR count). The second-order valence-electron chi connectivity index (χ2n) is 3.90. The van der Waals surface area contributed by atoms with Crippen molar-refractivity contribution in [2.45, 2.75) is 13.3 Å². The first-order valence-corrected chi connectivity index (χ1v) is 6.06. The quantitative estimate of drug-likeness (QED) is 0.732. The second kappa shape index (κ2) is 5.92. The molecule has 0 saturated carbocycles. The Bertz CT molecular complexity index is 609. The van der Waals surface area contributed by atoms with E-state index in [-0.39, 0.29) is 0 Å². The van der Waals surface area contributed by atoms with Gasteiger partial charge in [0.15, 0.2) is 0 Å². The van der Waals surface area contributed by atoms with E-state index >= 15 is 0 Å². The highest BCUT2D eigenvalue weighted by Gasteiger charge is 2.01.